The fourth-order valence-electron chi connectivity index (χ4n) is 2.86. The highest BCUT2D eigenvalue weighted by molar-refractivity contribution is 7.11. The van der Waals surface area contributed by atoms with Crippen LogP contribution < -0.4 is 10.1 Å². The van der Waals surface area contributed by atoms with Crippen molar-refractivity contribution in [3.8, 4) is 5.75 Å². The minimum Gasteiger partial charge on any atom is -0.490 e. The molecule has 6 heteroatoms. The zero-order chi connectivity index (χ0) is 16.8. The Kier molecular flexibility index (Phi) is 5.69. The lowest BCUT2D eigenvalue weighted by Gasteiger charge is -2.34. The number of aromatic nitrogens is 1. The van der Waals surface area contributed by atoms with Gasteiger partial charge in [0.25, 0.3) is 0 Å². The second kappa shape index (κ2) is 8.15. The third kappa shape index (κ3) is 4.47. The van der Waals surface area contributed by atoms with Crippen LogP contribution in [0.4, 0.5) is 0 Å². The van der Waals surface area contributed by atoms with E-state index in [2.05, 4.69) is 20.2 Å². The fraction of sp³-hybridized carbons (Fsp3) is 0.444. The summed E-state index contributed by atoms with van der Waals surface area (Å²) in [4.78, 5) is 12.2. The fourth-order valence-corrected chi connectivity index (χ4v) is 3.60. The number of hydrogen-bond donors (Lipinski definition) is 1. The first-order valence-electron chi connectivity index (χ1n) is 8.33. The van der Waals surface area contributed by atoms with Crippen LogP contribution in [-0.2, 0) is 6.54 Å². The number of thiazole rings is 1. The number of guanidine groups is 1. The van der Waals surface area contributed by atoms with Gasteiger partial charge in [-0.05, 0) is 19.1 Å². The van der Waals surface area contributed by atoms with E-state index in [1.165, 1.54) is 4.88 Å². The molecule has 3 rings (SSSR count). The summed E-state index contributed by atoms with van der Waals surface area (Å²) in [6.45, 7) is 4.72. The Labute approximate surface area is 147 Å². The summed E-state index contributed by atoms with van der Waals surface area (Å²) in [6, 6.07) is 10.1. The smallest absolute Gasteiger partial charge is 0.193 e. The zero-order valence-electron chi connectivity index (χ0n) is 14.2. The van der Waals surface area contributed by atoms with Crippen LogP contribution in [0.15, 0.2) is 41.5 Å². The lowest BCUT2D eigenvalue weighted by molar-refractivity contribution is 0.129. The van der Waals surface area contributed by atoms with Gasteiger partial charge in [0.05, 0.1) is 11.6 Å². The third-order valence-corrected chi connectivity index (χ3v) is 5.00. The van der Waals surface area contributed by atoms with E-state index in [4.69, 9.17) is 4.74 Å². The Bertz CT molecular complexity index is 663. The molecular weight excluding hydrogens is 320 g/mol. The lowest BCUT2D eigenvalue weighted by atomic mass is 10.1. The van der Waals surface area contributed by atoms with Crippen molar-refractivity contribution in [2.45, 2.75) is 32.4 Å². The maximum Gasteiger partial charge on any atom is 0.193 e. The van der Waals surface area contributed by atoms with E-state index in [9.17, 15) is 0 Å². The zero-order valence-corrected chi connectivity index (χ0v) is 15.1. The molecule has 0 saturated carbocycles. The Morgan fingerprint density at radius 3 is 2.71 bits per heavy atom. The van der Waals surface area contributed by atoms with Crippen molar-refractivity contribution in [1.82, 2.24) is 15.2 Å². The number of rotatable bonds is 4. The highest BCUT2D eigenvalue weighted by atomic mass is 32.1. The number of benzene rings is 1. The van der Waals surface area contributed by atoms with Crippen molar-refractivity contribution in [2.24, 2.45) is 4.99 Å². The Hall–Kier alpha value is -2.08. The quantitative estimate of drug-likeness (QED) is 0.684. The number of nitrogens with zero attached hydrogens (tertiary/aromatic N) is 3. The highest BCUT2D eigenvalue weighted by Gasteiger charge is 2.22. The first-order chi connectivity index (χ1) is 11.7. The van der Waals surface area contributed by atoms with Crippen LogP contribution in [0.25, 0.3) is 0 Å². The molecule has 2 aromatic rings. The molecular formula is C18H24N4OS. The number of hydrogen-bond acceptors (Lipinski definition) is 4. The molecule has 1 aliphatic heterocycles. The first-order valence-corrected chi connectivity index (χ1v) is 9.15. The molecule has 0 aliphatic carbocycles. The molecule has 0 unspecified atom stereocenters. The maximum absolute atomic E-state index is 6.06. The molecule has 5 nitrogen and oxygen atoms in total. The summed E-state index contributed by atoms with van der Waals surface area (Å²) in [5.41, 5.74) is 0. The van der Waals surface area contributed by atoms with Crippen LogP contribution in [0.1, 0.15) is 22.7 Å². The monoisotopic (exact) mass is 344 g/mol. The normalized spacial score (nSPS) is 16.2. The predicted molar refractivity (Wildman–Crippen MR) is 98.7 cm³/mol. The van der Waals surface area contributed by atoms with Crippen LogP contribution >= 0.6 is 11.3 Å². The average molecular weight is 344 g/mol. The highest BCUT2D eigenvalue weighted by Crippen LogP contribution is 2.19. The van der Waals surface area contributed by atoms with Gasteiger partial charge in [0.1, 0.15) is 11.9 Å². The molecule has 1 saturated heterocycles. The molecule has 1 aromatic carbocycles. The topological polar surface area (TPSA) is 49.8 Å². The van der Waals surface area contributed by atoms with Crippen molar-refractivity contribution >= 4 is 17.3 Å². The molecule has 0 bridgehead atoms. The summed E-state index contributed by atoms with van der Waals surface area (Å²) < 4.78 is 6.06. The summed E-state index contributed by atoms with van der Waals surface area (Å²) in [6.07, 6.45) is 4.23. The molecule has 1 N–H and O–H groups in total. The van der Waals surface area contributed by atoms with Gasteiger partial charge in [0.15, 0.2) is 5.96 Å². The number of likely N-dealkylation sites (tertiary alicyclic amines) is 1. The predicted octanol–water partition coefficient (Wildman–Crippen LogP) is 3.07. The Balaban J connectivity index is 1.47. The minimum absolute atomic E-state index is 0.283. The van der Waals surface area contributed by atoms with Gasteiger partial charge in [-0.3, -0.25) is 4.99 Å². The number of aliphatic imine (C=N–C) groups is 1. The first kappa shape index (κ1) is 16.8. The van der Waals surface area contributed by atoms with E-state index >= 15 is 0 Å². The van der Waals surface area contributed by atoms with Gasteiger partial charge in [0, 0.05) is 44.1 Å². The second-order valence-electron chi connectivity index (χ2n) is 5.86. The van der Waals surface area contributed by atoms with Crippen molar-refractivity contribution < 1.29 is 4.74 Å². The number of para-hydroxylation sites is 1. The summed E-state index contributed by atoms with van der Waals surface area (Å²) in [5.74, 6) is 1.92. The lowest BCUT2D eigenvalue weighted by Crippen LogP contribution is -2.47. The second-order valence-corrected chi connectivity index (χ2v) is 7.18. The molecule has 0 atom stereocenters. The molecule has 1 aliphatic rings. The van der Waals surface area contributed by atoms with Gasteiger partial charge in [-0.1, -0.05) is 18.2 Å². The van der Waals surface area contributed by atoms with Gasteiger partial charge >= 0.3 is 0 Å². The number of aryl methyl sites for hydroxylation is 1. The minimum atomic E-state index is 0.283. The Morgan fingerprint density at radius 1 is 1.33 bits per heavy atom. The van der Waals surface area contributed by atoms with Crippen LogP contribution in [0.5, 0.6) is 5.75 Å². The van der Waals surface area contributed by atoms with E-state index in [1.54, 1.807) is 11.3 Å². The van der Waals surface area contributed by atoms with Crippen LogP contribution in [0.2, 0.25) is 0 Å². The van der Waals surface area contributed by atoms with Gasteiger partial charge in [-0.2, -0.15) is 0 Å². The number of nitrogens with one attached hydrogen (secondary N) is 1. The maximum atomic E-state index is 6.06. The van der Waals surface area contributed by atoms with Crippen molar-refractivity contribution in [3.05, 3.63) is 46.4 Å². The van der Waals surface area contributed by atoms with E-state index < -0.39 is 0 Å². The summed E-state index contributed by atoms with van der Waals surface area (Å²) >= 11 is 1.72. The van der Waals surface area contributed by atoms with Crippen LogP contribution in [-0.4, -0.2) is 42.1 Å². The molecule has 2 heterocycles. The standard InChI is InChI=1S/C18H24N4OS/c1-14-20-12-17(24-14)13-21-18(19-2)22-10-8-16(9-11-22)23-15-6-4-3-5-7-15/h3-7,12,16H,8-11,13H2,1-2H3,(H,19,21). The van der Waals surface area contributed by atoms with E-state index in [0.29, 0.717) is 0 Å². The van der Waals surface area contributed by atoms with Crippen LogP contribution in [0.3, 0.4) is 0 Å². The van der Waals surface area contributed by atoms with E-state index in [0.717, 1.165) is 49.2 Å². The van der Waals surface area contributed by atoms with Gasteiger partial charge in [-0.15, -0.1) is 11.3 Å². The molecule has 128 valence electrons. The molecule has 24 heavy (non-hydrogen) atoms. The Morgan fingerprint density at radius 2 is 2.08 bits per heavy atom. The van der Waals surface area contributed by atoms with Gasteiger partial charge < -0.3 is 15.0 Å². The molecule has 1 aromatic heterocycles. The summed E-state index contributed by atoms with van der Waals surface area (Å²) in [7, 11) is 1.84. The van der Waals surface area contributed by atoms with E-state index in [1.807, 2.05) is 50.5 Å². The van der Waals surface area contributed by atoms with E-state index in [-0.39, 0.29) is 6.10 Å². The third-order valence-electron chi connectivity index (χ3n) is 4.09. The van der Waals surface area contributed by atoms with Crippen molar-refractivity contribution in [1.29, 1.82) is 0 Å². The molecule has 0 radical (unpaired) electrons. The molecule has 1 fully saturated rings. The van der Waals surface area contributed by atoms with Crippen molar-refractivity contribution in [3.63, 3.8) is 0 Å². The largest absolute Gasteiger partial charge is 0.490 e. The molecule has 0 amide bonds. The van der Waals surface area contributed by atoms with Gasteiger partial charge in [0.2, 0.25) is 0 Å². The SMILES string of the molecule is CN=C(NCc1cnc(C)s1)N1CCC(Oc2ccccc2)CC1. The number of piperidine rings is 1. The molecule has 0 spiro atoms. The van der Waals surface area contributed by atoms with Crippen LogP contribution in [0, 0.1) is 6.92 Å². The van der Waals surface area contributed by atoms with Crippen molar-refractivity contribution in [2.75, 3.05) is 20.1 Å². The average Bonchev–Trinajstić information content (AvgIpc) is 3.03. The van der Waals surface area contributed by atoms with Gasteiger partial charge in [-0.25, -0.2) is 4.98 Å². The number of ether oxygens (including phenoxy) is 1. The summed E-state index contributed by atoms with van der Waals surface area (Å²) in [5, 5.41) is 4.54.